The van der Waals surface area contributed by atoms with E-state index in [4.69, 9.17) is 0 Å². The summed E-state index contributed by atoms with van der Waals surface area (Å²) >= 11 is 0. The van der Waals surface area contributed by atoms with Gasteiger partial charge in [0.15, 0.2) is 0 Å². The minimum absolute atomic E-state index is 0.146. The highest BCUT2D eigenvalue weighted by Crippen LogP contribution is 2.40. The van der Waals surface area contributed by atoms with E-state index in [2.05, 4.69) is 46.3 Å². The zero-order chi connectivity index (χ0) is 23.6. The Labute approximate surface area is 202 Å². The van der Waals surface area contributed by atoms with Gasteiger partial charge in [0.2, 0.25) is 5.91 Å². The average Bonchev–Trinajstić information content (AvgIpc) is 3.67. The quantitative estimate of drug-likeness (QED) is 0.354. The van der Waals surface area contributed by atoms with Crippen molar-refractivity contribution in [2.24, 2.45) is 0 Å². The summed E-state index contributed by atoms with van der Waals surface area (Å²) < 4.78 is 0. The lowest BCUT2D eigenvalue weighted by molar-refractivity contribution is -0.123. The van der Waals surface area contributed by atoms with Crippen molar-refractivity contribution in [1.82, 2.24) is 16.0 Å². The number of amides is 2. The summed E-state index contributed by atoms with van der Waals surface area (Å²) in [6, 6.07) is 29.5. The van der Waals surface area contributed by atoms with Crippen molar-refractivity contribution >= 4 is 11.8 Å². The van der Waals surface area contributed by atoms with Gasteiger partial charge in [0.25, 0.3) is 5.91 Å². The summed E-state index contributed by atoms with van der Waals surface area (Å²) in [5.41, 5.74) is 3.00. The largest absolute Gasteiger partial charge is 0.350 e. The molecular weight excluding hydrogens is 422 g/mol. The minimum Gasteiger partial charge on any atom is -0.350 e. The molecule has 3 aromatic carbocycles. The second-order valence-corrected chi connectivity index (χ2v) is 8.90. The van der Waals surface area contributed by atoms with Crippen LogP contribution < -0.4 is 16.0 Å². The Morgan fingerprint density at radius 2 is 1.47 bits per heavy atom. The van der Waals surface area contributed by atoms with Crippen LogP contribution in [0.1, 0.15) is 53.1 Å². The van der Waals surface area contributed by atoms with Crippen molar-refractivity contribution in [3.8, 4) is 0 Å². The Balaban J connectivity index is 1.24. The Morgan fingerprint density at radius 1 is 0.824 bits per heavy atom. The maximum absolute atomic E-state index is 12.9. The van der Waals surface area contributed by atoms with E-state index in [1.54, 1.807) is 12.1 Å². The van der Waals surface area contributed by atoms with E-state index in [9.17, 15) is 9.59 Å². The Bertz CT molecular complexity index is 1040. The molecule has 0 aliphatic heterocycles. The van der Waals surface area contributed by atoms with Crippen LogP contribution in [-0.4, -0.2) is 30.4 Å². The molecule has 0 aromatic heterocycles. The third-order valence-electron chi connectivity index (χ3n) is 6.31. The smallest absolute Gasteiger partial charge is 0.251 e. The van der Waals surface area contributed by atoms with Crippen molar-refractivity contribution in [2.75, 3.05) is 6.54 Å². The molecule has 2 amide bonds. The molecule has 0 bridgehead atoms. The molecule has 0 radical (unpaired) electrons. The van der Waals surface area contributed by atoms with Crippen molar-refractivity contribution in [1.29, 1.82) is 0 Å². The Hall–Kier alpha value is -3.44. The molecule has 1 aliphatic carbocycles. The van der Waals surface area contributed by atoms with Crippen LogP contribution >= 0.6 is 0 Å². The lowest BCUT2D eigenvalue weighted by Crippen LogP contribution is -2.46. The molecule has 3 unspecified atom stereocenters. The molecular formula is C29H33N3O2. The highest BCUT2D eigenvalue weighted by Gasteiger charge is 2.37. The summed E-state index contributed by atoms with van der Waals surface area (Å²) in [6.07, 6.45) is 3.60. The van der Waals surface area contributed by atoms with Gasteiger partial charge < -0.3 is 16.0 Å². The second kappa shape index (κ2) is 12.1. The van der Waals surface area contributed by atoms with Gasteiger partial charge in [-0.3, -0.25) is 9.59 Å². The molecule has 0 heterocycles. The second-order valence-electron chi connectivity index (χ2n) is 8.90. The molecule has 176 valence electrons. The molecule has 5 heteroatoms. The van der Waals surface area contributed by atoms with Crippen LogP contribution in [0.2, 0.25) is 0 Å². The number of nitrogens with one attached hydrogen (secondary N) is 3. The van der Waals surface area contributed by atoms with Crippen molar-refractivity contribution in [2.45, 2.75) is 50.2 Å². The maximum Gasteiger partial charge on any atom is 0.251 e. The fourth-order valence-electron chi connectivity index (χ4n) is 4.26. The van der Waals surface area contributed by atoms with Gasteiger partial charge in [-0.2, -0.15) is 0 Å². The van der Waals surface area contributed by atoms with Crippen molar-refractivity contribution < 1.29 is 9.59 Å². The summed E-state index contributed by atoms with van der Waals surface area (Å²) in [4.78, 5) is 25.6. The standard InChI is InChI=1S/C29H33N3O2/c33-28(24-16-8-3-9-17-24)32-26(29(34)31-21-22-12-4-1-5-13-22)18-10-11-19-30-27-20-25(27)23-14-6-2-7-15-23/h1-9,12-17,25-27,30H,10-11,18-21H2,(H,31,34)(H,32,33). The summed E-state index contributed by atoms with van der Waals surface area (Å²) in [6.45, 7) is 1.36. The van der Waals surface area contributed by atoms with E-state index in [-0.39, 0.29) is 11.8 Å². The molecule has 3 N–H and O–H groups in total. The molecule has 34 heavy (non-hydrogen) atoms. The first-order valence-electron chi connectivity index (χ1n) is 12.2. The van der Waals surface area contributed by atoms with Gasteiger partial charge in [-0.25, -0.2) is 0 Å². The van der Waals surface area contributed by atoms with Crippen molar-refractivity contribution in [3.63, 3.8) is 0 Å². The van der Waals surface area contributed by atoms with E-state index in [0.29, 0.717) is 30.5 Å². The predicted octanol–water partition coefficient (Wildman–Crippen LogP) is 4.42. The van der Waals surface area contributed by atoms with Gasteiger partial charge >= 0.3 is 0 Å². The van der Waals surface area contributed by atoms with Crippen LogP contribution in [0.4, 0.5) is 0 Å². The number of rotatable bonds is 12. The van der Waals surface area contributed by atoms with Crippen LogP contribution in [0.25, 0.3) is 0 Å². The van der Waals surface area contributed by atoms with Gasteiger partial charge in [0.05, 0.1) is 0 Å². The van der Waals surface area contributed by atoms with Gasteiger partial charge in [0, 0.05) is 24.1 Å². The first kappa shape index (κ1) is 23.7. The van der Waals surface area contributed by atoms with Gasteiger partial charge in [-0.15, -0.1) is 0 Å². The molecule has 5 nitrogen and oxygen atoms in total. The summed E-state index contributed by atoms with van der Waals surface area (Å²) in [5, 5.41) is 9.55. The first-order valence-corrected chi connectivity index (χ1v) is 12.2. The molecule has 3 aromatic rings. The third-order valence-corrected chi connectivity index (χ3v) is 6.31. The topological polar surface area (TPSA) is 70.2 Å². The molecule has 4 rings (SSSR count). The Kier molecular flexibility index (Phi) is 8.47. The first-order chi connectivity index (χ1) is 16.7. The predicted molar refractivity (Wildman–Crippen MR) is 135 cm³/mol. The minimum atomic E-state index is -0.561. The van der Waals surface area contributed by atoms with Crippen LogP contribution in [0.15, 0.2) is 91.0 Å². The average molecular weight is 456 g/mol. The monoisotopic (exact) mass is 455 g/mol. The highest BCUT2D eigenvalue weighted by molar-refractivity contribution is 5.97. The number of carbonyl (C=O) groups excluding carboxylic acids is 2. The fourth-order valence-corrected chi connectivity index (χ4v) is 4.26. The van der Waals surface area contributed by atoms with E-state index in [0.717, 1.165) is 24.9 Å². The van der Waals surface area contributed by atoms with E-state index in [1.165, 1.54) is 12.0 Å². The van der Waals surface area contributed by atoms with Gasteiger partial charge in [-0.1, -0.05) is 78.9 Å². The molecule has 1 fully saturated rings. The third kappa shape index (κ3) is 7.03. The van der Waals surface area contributed by atoms with Gasteiger partial charge in [0.1, 0.15) is 6.04 Å². The molecule has 3 atom stereocenters. The van der Waals surface area contributed by atoms with Crippen LogP contribution in [0.3, 0.4) is 0 Å². The fraction of sp³-hybridized carbons (Fsp3) is 0.310. The van der Waals surface area contributed by atoms with Crippen LogP contribution in [0.5, 0.6) is 0 Å². The summed E-state index contributed by atoms with van der Waals surface area (Å²) in [7, 11) is 0. The normalized spacial score (nSPS) is 17.5. The Morgan fingerprint density at radius 3 is 2.18 bits per heavy atom. The molecule has 0 saturated heterocycles. The van der Waals surface area contributed by atoms with E-state index >= 15 is 0 Å². The zero-order valence-electron chi connectivity index (χ0n) is 19.5. The summed E-state index contributed by atoms with van der Waals surface area (Å²) in [5.74, 6) is 0.248. The van der Waals surface area contributed by atoms with E-state index < -0.39 is 6.04 Å². The number of unbranched alkanes of at least 4 members (excludes halogenated alkanes) is 1. The highest BCUT2D eigenvalue weighted by atomic mass is 16.2. The zero-order valence-corrected chi connectivity index (χ0v) is 19.5. The maximum atomic E-state index is 12.9. The number of carbonyl (C=O) groups is 2. The van der Waals surface area contributed by atoms with Crippen molar-refractivity contribution in [3.05, 3.63) is 108 Å². The molecule has 1 aliphatic rings. The lowest BCUT2D eigenvalue weighted by atomic mass is 10.1. The van der Waals surface area contributed by atoms with Gasteiger partial charge in [-0.05, 0) is 55.5 Å². The number of hydrogen-bond acceptors (Lipinski definition) is 3. The number of hydrogen-bond donors (Lipinski definition) is 3. The number of benzene rings is 3. The van der Waals surface area contributed by atoms with Crippen LogP contribution in [0, 0.1) is 0 Å². The molecule has 1 saturated carbocycles. The molecule has 0 spiro atoms. The van der Waals surface area contributed by atoms with Crippen LogP contribution in [-0.2, 0) is 11.3 Å². The van der Waals surface area contributed by atoms with E-state index in [1.807, 2.05) is 48.5 Å². The SMILES string of the molecule is O=C(NC(CCCCNC1CC1c1ccccc1)C(=O)NCc1ccccc1)c1ccccc1. The lowest BCUT2D eigenvalue weighted by Gasteiger charge is -2.19.